The molecule has 6 heteroatoms. The Hall–Kier alpha value is -2.21. The molecule has 1 N–H and O–H groups in total. The largest absolute Gasteiger partial charge is 0.465 e. The van der Waals surface area contributed by atoms with Gasteiger partial charge in [0.05, 0.1) is 24.9 Å². The van der Waals surface area contributed by atoms with Crippen LogP contribution in [-0.2, 0) is 17.9 Å². The molecule has 0 amide bonds. The zero-order chi connectivity index (χ0) is 13.0. The van der Waals surface area contributed by atoms with Crippen molar-refractivity contribution in [2.45, 2.75) is 13.2 Å². The third kappa shape index (κ3) is 2.54. The first-order valence-corrected chi connectivity index (χ1v) is 5.38. The Morgan fingerprint density at radius 3 is 2.89 bits per heavy atom. The van der Waals surface area contributed by atoms with E-state index in [0.29, 0.717) is 17.9 Å². The van der Waals surface area contributed by atoms with Crippen LogP contribution in [0.3, 0.4) is 0 Å². The fourth-order valence-electron chi connectivity index (χ4n) is 1.57. The summed E-state index contributed by atoms with van der Waals surface area (Å²) in [6.07, 6.45) is 4.85. The molecule has 0 atom stereocenters. The normalized spacial score (nSPS) is 10.3. The topological polar surface area (TPSA) is 77.2 Å². The standard InChI is InChI=1S/C12H13N3O3/c1-18-12(17)9-2-3-10(14-6-9)7-15-5-4-13-11(15)8-16/h2-6,16H,7-8H2,1H3. The first-order valence-electron chi connectivity index (χ1n) is 5.38. The van der Waals surface area contributed by atoms with Gasteiger partial charge in [0.15, 0.2) is 0 Å². The number of imidazole rings is 1. The van der Waals surface area contributed by atoms with Gasteiger partial charge >= 0.3 is 5.97 Å². The lowest BCUT2D eigenvalue weighted by atomic mass is 10.2. The highest BCUT2D eigenvalue weighted by Crippen LogP contribution is 2.06. The second-order valence-corrected chi connectivity index (χ2v) is 3.66. The van der Waals surface area contributed by atoms with Gasteiger partial charge in [-0.2, -0.15) is 0 Å². The van der Waals surface area contributed by atoms with E-state index in [0.717, 1.165) is 5.69 Å². The number of nitrogens with zero attached hydrogens (tertiary/aromatic N) is 3. The second-order valence-electron chi connectivity index (χ2n) is 3.66. The third-order valence-corrected chi connectivity index (χ3v) is 2.52. The lowest BCUT2D eigenvalue weighted by molar-refractivity contribution is 0.0600. The first-order chi connectivity index (χ1) is 8.74. The Morgan fingerprint density at radius 1 is 1.44 bits per heavy atom. The van der Waals surface area contributed by atoms with Gasteiger partial charge in [-0.05, 0) is 12.1 Å². The van der Waals surface area contributed by atoms with Crippen LogP contribution in [0.4, 0.5) is 0 Å². The van der Waals surface area contributed by atoms with E-state index in [4.69, 9.17) is 5.11 Å². The van der Waals surface area contributed by atoms with Crippen LogP contribution >= 0.6 is 0 Å². The van der Waals surface area contributed by atoms with E-state index in [1.807, 2.05) is 0 Å². The number of carbonyl (C=O) groups is 1. The highest BCUT2D eigenvalue weighted by molar-refractivity contribution is 5.88. The lowest BCUT2D eigenvalue weighted by Gasteiger charge is -2.06. The molecule has 0 fully saturated rings. The van der Waals surface area contributed by atoms with Crippen LogP contribution in [0.2, 0.25) is 0 Å². The molecule has 2 aromatic rings. The van der Waals surface area contributed by atoms with E-state index in [2.05, 4.69) is 14.7 Å². The van der Waals surface area contributed by atoms with Crippen molar-refractivity contribution in [2.75, 3.05) is 7.11 Å². The molecule has 6 nitrogen and oxygen atoms in total. The van der Waals surface area contributed by atoms with Gasteiger partial charge in [-0.3, -0.25) is 4.98 Å². The van der Waals surface area contributed by atoms with Crippen molar-refractivity contribution in [3.8, 4) is 0 Å². The molecule has 2 heterocycles. The Kier molecular flexibility index (Phi) is 3.69. The van der Waals surface area contributed by atoms with Gasteiger partial charge in [0, 0.05) is 18.6 Å². The van der Waals surface area contributed by atoms with Crippen molar-refractivity contribution in [3.05, 3.63) is 47.8 Å². The molecule has 0 aromatic carbocycles. The number of aromatic nitrogens is 3. The van der Waals surface area contributed by atoms with E-state index in [9.17, 15) is 4.79 Å². The van der Waals surface area contributed by atoms with Gasteiger partial charge < -0.3 is 14.4 Å². The average Bonchev–Trinajstić information content (AvgIpc) is 2.86. The minimum Gasteiger partial charge on any atom is -0.465 e. The molecule has 18 heavy (non-hydrogen) atoms. The van der Waals surface area contributed by atoms with Gasteiger partial charge in [0.25, 0.3) is 0 Å². The maximum atomic E-state index is 11.2. The fraction of sp³-hybridized carbons (Fsp3) is 0.250. The predicted octanol–water partition coefficient (Wildman–Crippen LogP) is 0.605. The Morgan fingerprint density at radius 2 is 2.28 bits per heavy atom. The molecule has 2 aromatic heterocycles. The summed E-state index contributed by atoms with van der Waals surface area (Å²) in [7, 11) is 1.33. The highest BCUT2D eigenvalue weighted by Gasteiger charge is 2.07. The van der Waals surface area contributed by atoms with Crippen molar-refractivity contribution in [1.29, 1.82) is 0 Å². The molecule has 0 spiro atoms. The van der Waals surface area contributed by atoms with E-state index in [-0.39, 0.29) is 6.61 Å². The number of hydrogen-bond acceptors (Lipinski definition) is 5. The van der Waals surface area contributed by atoms with Crippen LogP contribution in [0.5, 0.6) is 0 Å². The quantitative estimate of drug-likeness (QED) is 0.801. The van der Waals surface area contributed by atoms with E-state index in [1.165, 1.54) is 13.3 Å². The molecular formula is C12H13N3O3. The van der Waals surface area contributed by atoms with Crippen LogP contribution in [0.25, 0.3) is 0 Å². The van der Waals surface area contributed by atoms with Crippen molar-refractivity contribution in [2.24, 2.45) is 0 Å². The summed E-state index contributed by atoms with van der Waals surface area (Å²) < 4.78 is 6.38. The van der Waals surface area contributed by atoms with Crippen molar-refractivity contribution >= 4 is 5.97 Å². The number of ether oxygens (including phenoxy) is 1. The van der Waals surface area contributed by atoms with Crippen molar-refractivity contribution < 1.29 is 14.6 Å². The number of aliphatic hydroxyl groups is 1. The molecular weight excluding hydrogens is 234 g/mol. The number of methoxy groups -OCH3 is 1. The third-order valence-electron chi connectivity index (χ3n) is 2.52. The van der Waals surface area contributed by atoms with E-state index in [1.54, 1.807) is 29.1 Å². The Labute approximate surface area is 104 Å². The Balaban J connectivity index is 2.13. The summed E-state index contributed by atoms with van der Waals surface area (Å²) in [5, 5.41) is 9.07. The maximum Gasteiger partial charge on any atom is 0.339 e. The summed E-state index contributed by atoms with van der Waals surface area (Å²) >= 11 is 0. The van der Waals surface area contributed by atoms with Crippen molar-refractivity contribution in [3.63, 3.8) is 0 Å². The molecule has 0 aliphatic rings. The number of aliphatic hydroxyl groups excluding tert-OH is 1. The smallest absolute Gasteiger partial charge is 0.339 e. The number of rotatable bonds is 4. The molecule has 0 unspecified atom stereocenters. The van der Waals surface area contributed by atoms with E-state index < -0.39 is 5.97 Å². The number of esters is 1. The molecule has 0 saturated heterocycles. The number of pyridine rings is 1. The summed E-state index contributed by atoms with van der Waals surface area (Å²) in [5.74, 6) is 0.168. The molecule has 0 saturated carbocycles. The van der Waals surface area contributed by atoms with Crippen LogP contribution < -0.4 is 0 Å². The zero-order valence-electron chi connectivity index (χ0n) is 9.91. The molecule has 0 bridgehead atoms. The summed E-state index contributed by atoms with van der Waals surface area (Å²) in [6, 6.07) is 3.40. The molecule has 94 valence electrons. The average molecular weight is 247 g/mol. The van der Waals surface area contributed by atoms with Crippen LogP contribution in [0.1, 0.15) is 21.9 Å². The minimum absolute atomic E-state index is 0.118. The monoisotopic (exact) mass is 247 g/mol. The van der Waals surface area contributed by atoms with Gasteiger partial charge in [-0.25, -0.2) is 9.78 Å². The maximum absolute atomic E-state index is 11.2. The van der Waals surface area contributed by atoms with Crippen molar-refractivity contribution in [1.82, 2.24) is 14.5 Å². The van der Waals surface area contributed by atoms with Gasteiger partial charge in [0.2, 0.25) is 0 Å². The summed E-state index contributed by atoms with van der Waals surface area (Å²) in [5.41, 5.74) is 1.18. The summed E-state index contributed by atoms with van der Waals surface area (Å²) in [6.45, 7) is 0.380. The zero-order valence-corrected chi connectivity index (χ0v) is 9.91. The van der Waals surface area contributed by atoms with Gasteiger partial charge in [0.1, 0.15) is 12.4 Å². The lowest BCUT2D eigenvalue weighted by Crippen LogP contribution is -2.07. The molecule has 0 radical (unpaired) electrons. The van der Waals surface area contributed by atoms with Crippen LogP contribution in [-0.4, -0.2) is 32.7 Å². The number of carbonyl (C=O) groups excluding carboxylic acids is 1. The van der Waals surface area contributed by atoms with Gasteiger partial charge in [-0.15, -0.1) is 0 Å². The minimum atomic E-state index is -0.410. The van der Waals surface area contributed by atoms with Crippen LogP contribution in [0, 0.1) is 0 Å². The van der Waals surface area contributed by atoms with Crippen LogP contribution in [0.15, 0.2) is 30.7 Å². The first kappa shape index (κ1) is 12.3. The molecule has 0 aliphatic carbocycles. The number of hydrogen-bond donors (Lipinski definition) is 1. The second kappa shape index (κ2) is 5.42. The predicted molar refractivity (Wildman–Crippen MR) is 62.8 cm³/mol. The Bertz CT molecular complexity index is 534. The summed E-state index contributed by atoms with van der Waals surface area (Å²) in [4.78, 5) is 19.4. The molecule has 2 rings (SSSR count). The fourth-order valence-corrected chi connectivity index (χ4v) is 1.57. The SMILES string of the molecule is COC(=O)c1ccc(Cn2ccnc2CO)nc1. The highest BCUT2D eigenvalue weighted by atomic mass is 16.5. The van der Waals surface area contributed by atoms with E-state index >= 15 is 0 Å². The van der Waals surface area contributed by atoms with Gasteiger partial charge in [-0.1, -0.05) is 0 Å². The molecule has 0 aliphatic heterocycles.